The second kappa shape index (κ2) is 6.95. The summed E-state index contributed by atoms with van der Waals surface area (Å²) < 4.78 is 0. The third-order valence-electron chi connectivity index (χ3n) is 3.79. The van der Waals surface area contributed by atoms with E-state index >= 15 is 0 Å². The molecule has 0 bridgehead atoms. The van der Waals surface area contributed by atoms with E-state index in [1.807, 2.05) is 60.7 Å². The Labute approximate surface area is 140 Å². The highest BCUT2D eigenvalue weighted by molar-refractivity contribution is 6.41. The smallest absolute Gasteiger partial charge is 0.270 e. The van der Waals surface area contributed by atoms with E-state index in [9.17, 15) is 4.79 Å². The predicted octanol–water partition coefficient (Wildman–Crippen LogP) is 2.40. The molecule has 3 rings (SSSR count). The van der Waals surface area contributed by atoms with Crippen LogP contribution in [0.25, 0.3) is 0 Å². The largest absolute Gasteiger partial charge is 0.411 e. The first-order valence-electron chi connectivity index (χ1n) is 7.65. The van der Waals surface area contributed by atoms with Gasteiger partial charge in [-0.1, -0.05) is 53.7 Å². The number of rotatable bonds is 4. The minimum atomic E-state index is -0.583. The quantitative estimate of drug-likeness (QED) is 0.515. The van der Waals surface area contributed by atoms with Crippen molar-refractivity contribution in [2.75, 3.05) is 5.01 Å². The van der Waals surface area contributed by atoms with E-state index in [2.05, 4.69) is 15.6 Å². The molecule has 0 radical (unpaired) electrons. The van der Waals surface area contributed by atoms with Crippen LogP contribution in [-0.2, 0) is 11.2 Å². The van der Waals surface area contributed by atoms with Gasteiger partial charge in [0, 0.05) is 6.42 Å². The molecule has 6 heteroatoms. The zero-order valence-corrected chi connectivity index (χ0v) is 13.3. The number of carbonyl (C=O) groups is 1. The lowest BCUT2D eigenvalue weighted by Gasteiger charge is -2.32. The van der Waals surface area contributed by atoms with Gasteiger partial charge in [-0.2, -0.15) is 0 Å². The molecule has 0 aromatic heterocycles. The van der Waals surface area contributed by atoms with Crippen LogP contribution in [0.2, 0.25) is 0 Å². The van der Waals surface area contributed by atoms with E-state index in [-0.39, 0.29) is 5.91 Å². The third kappa shape index (κ3) is 3.27. The molecule has 1 aliphatic rings. The molecule has 24 heavy (non-hydrogen) atoms. The predicted molar refractivity (Wildman–Crippen MR) is 93.3 cm³/mol. The number of carbonyl (C=O) groups excluding carboxylic acids is 1. The molecule has 1 atom stereocenters. The fourth-order valence-corrected chi connectivity index (χ4v) is 2.51. The zero-order chi connectivity index (χ0) is 16.9. The number of hydrogen-bond acceptors (Lipinski definition) is 5. The average Bonchev–Trinajstić information content (AvgIpc) is 2.64. The van der Waals surface area contributed by atoms with Crippen molar-refractivity contribution in [3.05, 3.63) is 66.2 Å². The summed E-state index contributed by atoms with van der Waals surface area (Å²) in [5.74, 6) is 0.224. The molecule has 0 spiro atoms. The van der Waals surface area contributed by atoms with Crippen molar-refractivity contribution in [3.63, 3.8) is 0 Å². The molecule has 0 fully saturated rings. The van der Waals surface area contributed by atoms with Crippen LogP contribution in [0.15, 0.2) is 70.8 Å². The van der Waals surface area contributed by atoms with Crippen molar-refractivity contribution >= 4 is 23.1 Å². The number of nitrogens with zero attached hydrogens (tertiary/aromatic N) is 3. The Balaban J connectivity index is 1.95. The highest BCUT2D eigenvalue weighted by atomic mass is 16.4. The highest BCUT2D eigenvalue weighted by Crippen LogP contribution is 2.18. The molecule has 1 amide bonds. The molecule has 1 aliphatic heterocycles. The van der Waals surface area contributed by atoms with Crippen LogP contribution in [0, 0.1) is 0 Å². The van der Waals surface area contributed by atoms with Crippen molar-refractivity contribution in [1.82, 2.24) is 5.43 Å². The van der Waals surface area contributed by atoms with Crippen LogP contribution >= 0.6 is 0 Å². The van der Waals surface area contributed by atoms with Crippen LogP contribution in [0.4, 0.5) is 5.69 Å². The number of anilines is 1. The maximum Gasteiger partial charge on any atom is 0.270 e. The second-order valence-corrected chi connectivity index (χ2v) is 5.49. The Morgan fingerprint density at radius 1 is 1.17 bits per heavy atom. The van der Waals surface area contributed by atoms with E-state index in [0.717, 1.165) is 5.56 Å². The lowest BCUT2D eigenvalue weighted by atomic mass is 10.0. The van der Waals surface area contributed by atoms with Crippen molar-refractivity contribution in [2.45, 2.75) is 19.4 Å². The van der Waals surface area contributed by atoms with E-state index < -0.39 is 6.04 Å². The van der Waals surface area contributed by atoms with Crippen molar-refractivity contribution in [3.8, 4) is 0 Å². The van der Waals surface area contributed by atoms with Gasteiger partial charge in [-0.15, -0.1) is 0 Å². The van der Waals surface area contributed by atoms with Crippen molar-refractivity contribution in [2.24, 2.45) is 10.1 Å². The normalized spacial score (nSPS) is 18.1. The molecule has 0 saturated carbocycles. The molecule has 6 nitrogen and oxygen atoms in total. The Morgan fingerprint density at radius 3 is 2.42 bits per heavy atom. The summed E-state index contributed by atoms with van der Waals surface area (Å²) in [6.07, 6.45) is 0.479. The van der Waals surface area contributed by atoms with Gasteiger partial charge in [-0.05, 0) is 24.6 Å². The third-order valence-corrected chi connectivity index (χ3v) is 3.79. The maximum absolute atomic E-state index is 12.8. The topological polar surface area (TPSA) is 77.3 Å². The van der Waals surface area contributed by atoms with Crippen LogP contribution in [0.5, 0.6) is 0 Å². The first kappa shape index (κ1) is 15.7. The van der Waals surface area contributed by atoms with Gasteiger partial charge >= 0.3 is 0 Å². The number of para-hydroxylation sites is 1. The molecule has 0 saturated heterocycles. The van der Waals surface area contributed by atoms with E-state index in [1.165, 1.54) is 5.01 Å². The summed E-state index contributed by atoms with van der Waals surface area (Å²) >= 11 is 0. The number of amidine groups is 1. The Kier molecular flexibility index (Phi) is 4.56. The molecule has 1 unspecified atom stereocenters. The molecular formula is C18H18N4O2. The number of aliphatic imine (C=N–C) groups is 1. The van der Waals surface area contributed by atoms with Gasteiger partial charge < -0.3 is 5.21 Å². The number of hydrazine groups is 1. The summed E-state index contributed by atoms with van der Waals surface area (Å²) in [7, 11) is 0. The lowest BCUT2D eigenvalue weighted by molar-refractivity contribution is -0.120. The van der Waals surface area contributed by atoms with Gasteiger partial charge in [0.1, 0.15) is 11.8 Å². The lowest BCUT2D eigenvalue weighted by Crippen LogP contribution is -2.56. The molecule has 2 N–H and O–H groups in total. The van der Waals surface area contributed by atoms with Gasteiger partial charge in [0.05, 0.1) is 5.69 Å². The minimum Gasteiger partial charge on any atom is -0.411 e. The van der Waals surface area contributed by atoms with Gasteiger partial charge in [-0.3, -0.25) is 15.2 Å². The van der Waals surface area contributed by atoms with Crippen LogP contribution in [-0.4, -0.2) is 28.7 Å². The minimum absolute atomic E-state index is 0.153. The summed E-state index contributed by atoms with van der Waals surface area (Å²) in [6.45, 7) is 1.63. The van der Waals surface area contributed by atoms with Gasteiger partial charge in [-0.25, -0.2) is 5.01 Å². The SMILES string of the molecule is C/C(=N/O)C1=NC(Cc2ccccc2)C(=O)N(c2ccccc2)N1. The first-order chi connectivity index (χ1) is 11.7. The average molecular weight is 322 g/mol. The van der Waals surface area contributed by atoms with Crippen LogP contribution in [0.3, 0.4) is 0 Å². The van der Waals surface area contributed by atoms with Gasteiger partial charge in [0.15, 0.2) is 5.84 Å². The molecule has 0 aliphatic carbocycles. The fraction of sp³-hybridized carbons (Fsp3) is 0.167. The molecule has 2 aromatic carbocycles. The van der Waals surface area contributed by atoms with E-state index in [0.29, 0.717) is 23.7 Å². The number of oxime groups is 1. The number of amides is 1. The van der Waals surface area contributed by atoms with Gasteiger partial charge in [0.2, 0.25) is 0 Å². The first-order valence-corrected chi connectivity index (χ1v) is 7.65. The summed E-state index contributed by atoms with van der Waals surface area (Å²) in [4.78, 5) is 17.3. The molecule has 2 aromatic rings. The van der Waals surface area contributed by atoms with Crippen LogP contribution in [0.1, 0.15) is 12.5 Å². The number of hydrogen-bond donors (Lipinski definition) is 2. The summed E-state index contributed by atoms with van der Waals surface area (Å²) in [6, 6.07) is 18.4. The van der Waals surface area contributed by atoms with E-state index in [1.54, 1.807) is 6.92 Å². The standard InChI is InChI=1S/C18H18N4O2/c1-13(21-24)17-19-16(12-14-8-4-2-5-9-14)18(23)22(20-17)15-10-6-3-7-11-15/h2-11,16,24H,12H2,1H3,(H,19,20)/b21-13-. The fourth-order valence-electron chi connectivity index (χ4n) is 2.51. The van der Waals surface area contributed by atoms with Crippen molar-refractivity contribution in [1.29, 1.82) is 0 Å². The van der Waals surface area contributed by atoms with E-state index in [4.69, 9.17) is 5.21 Å². The summed E-state index contributed by atoms with van der Waals surface area (Å²) in [5.41, 5.74) is 4.98. The Bertz CT molecular complexity index is 772. The van der Waals surface area contributed by atoms with Crippen LogP contribution < -0.4 is 10.4 Å². The van der Waals surface area contributed by atoms with Crippen molar-refractivity contribution < 1.29 is 10.0 Å². The van der Waals surface area contributed by atoms with Gasteiger partial charge in [0.25, 0.3) is 5.91 Å². The Hall–Kier alpha value is -3.15. The molecule has 1 heterocycles. The molecule has 122 valence electrons. The zero-order valence-electron chi connectivity index (χ0n) is 13.3. The maximum atomic E-state index is 12.8. The number of nitrogens with one attached hydrogen (secondary N) is 1. The number of benzene rings is 2. The monoisotopic (exact) mass is 322 g/mol. The Morgan fingerprint density at radius 2 is 1.79 bits per heavy atom. The highest BCUT2D eigenvalue weighted by Gasteiger charge is 2.32. The molecular weight excluding hydrogens is 304 g/mol. The summed E-state index contributed by atoms with van der Waals surface area (Å²) in [5, 5.41) is 13.7. The second-order valence-electron chi connectivity index (χ2n) is 5.49.